The molecule has 9 heteroatoms. The van der Waals surface area contributed by atoms with Crippen LogP contribution in [0, 0.1) is 5.82 Å². The van der Waals surface area contributed by atoms with Crippen molar-refractivity contribution in [2.75, 3.05) is 6.54 Å². The van der Waals surface area contributed by atoms with E-state index in [9.17, 15) is 24.2 Å². The number of benzene rings is 1. The van der Waals surface area contributed by atoms with E-state index < -0.39 is 35.7 Å². The first-order chi connectivity index (χ1) is 9.97. The van der Waals surface area contributed by atoms with Gasteiger partial charge in [0.25, 0.3) is 5.91 Å². The van der Waals surface area contributed by atoms with Gasteiger partial charge in [0.05, 0.1) is 12.5 Å². The Morgan fingerprint density at radius 1 is 1.22 bits per heavy atom. The fraction of sp³-hybridized carbons (Fsp3) is 0.0714. The minimum atomic E-state index is -1.48. The molecule has 0 bridgehead atoms. The molecule has 0 unspecified atom stereocenters. The minimum Gasteiger partial charge on any atom is -0.871 e. The quantitative estimate of drug-likeness (QED) is 0.569. The normalized spacial score (nSPS) is 9.26. The van der Waals surface area contributed by atoms with Crippen LogP contribution in [0.25, 0.3) is 11.1 Å². The number of hydrogen-bond acceptors (Lipinski definition) is 5. The van der Waals surface area contributed by atoms with Crippen molar-refractivity contribution >= 4 is 11.9 Å². The molecule has 23 heavy (non-hydrogen) atoms. The second-order valence-electron chi connectivity index (χ2n) is 4.14. The molecule has 2 aromatic rings. The van der Waals surface area contributed by atoms with Crippen molar-refractivity contribution in [1.29, 1.82) is 0 Å². The number of aliphatic carboxylic acids is 1. The van der Waals surface area contributed by atoms with Gasteiger partial charge in [-0.1, -0.05) is 23.9 Å². The number of carbonyl (C=O) groups excluding carboxylic acids is 2. The smallest absolute Gasteiger partial charge is 0.871 e. The molecular weight excluding hydrogens is 316 g/mol. The molecule has 1 amide bonds. The molecule has 0 atom stereocenters. The van der Waals surface area contributed by atoms with Crippen LogP contribution in [0.15, 0.2) is 36.5 Å². The van der Waals surface area contributed by atoms with Crippen LogP contribution in [-0.2, 0) is 4.79 Å². The number of nitrogens with one attached hydrogen (secondary N) is 1. The van der Waals surface area contributed by atoms with Crippen molar-refractivity contribution in [3.8, 4) is 16.9 Å². The van der Waals surface area contributed by atoms with Crippen molar-refractivity contribution in [3.05, 3.63) is 48.0 Å². The topological polar surface area (TPSA) is 142 Å². The number of quaternary nitrogens is 1. The van der Waals surface area contributed by atoms with Gasteiger partial charge in [-0.25, -0.2) is 4.39 Å². The molecule has 116 valence electrons. The summed E-state index contributed by atoms with van der Waals surface area (Å²) in [6.07, 6.45) is 1.24. The second kappa shape index (κ2) is 9.21. The Hall–Kier alpha value is -2.00. The van der Waals surface area contributed by atoms with E-state index in [1.807, 2.05) is 5.32 Å². The van der Waals surface area contributed by atoms with Gasteiger partial charge in [0, 0.05) is 6.20 Å². The summed E-state index contributed by atoms with van der Waals surface area (Å²) in [5, 5.41) is 24.0. The molecule has 0 aliphatic carbocycles. The molecule has 0 aliphatic rings. The third-order valence-corrected chi connectivity index (χ3v) is 2.62. The predicted molar refractivity (Wildman–Crippen MR) is 72.4 cm³/mol. The Bertz CT molecular complexity index is 712. The number of carbonyl (C=O) groups is 2. The number of halogens is 1. The molecule has 5 N–H and O–H groups in total. The number of aromatic nitrogens is 1. The summed E-state index contributed by atoms with van der Waals surface area (Å²) in [7, 11) is 0. The van der Waals surface area contributed by atoms with Gasteiger partial charge in [0.1, 0.15) is 11.5 Å². The maximum atomic E-state index is 13.1. The van der Waals surface area contributed by atoms with Crippen LogP contribution in [0.3, 0.4) is 0 Å². The van der Waals surface area contributed by atoms with Crippen LogP contribution in [0.4, 0.5) is 4.39 Å². The third-order valence-electron chi connectivity index (χ3n) is 2.62. The average molecular weight is 329 g/mol. The summed E-state index contributed by atoms with van der Waals surface area (Å²) >= 11 is 0. The monoisotopic (exact) mass is 329 g/mol. The summed E-state index contributed by atoms with van der Waals surface area (Å²) in [4.78, 5) is 25.5. The Kier molecular flexibility index (Phi) is 8.41. The number of rotatable bonds is 4. The molecule has 0 fully saturated rings. The van der Waals surface area contributed by atoms with Crippen molar-refractivity contribution in [2.24, 2.45) is 0 Å². The van der Waals surface area contributed by atoms with Crippen molar-refractivity contribution in [2.45, 2.75) is 0 Å². The van der Waals surface area contributed by atoms with E-state index in [4.69, 9.17) is 0 Å². The molecular formula is C14H13FN3NaO4. The molecule has 0 saturated heterocycles. The molecule has 0 aliphatic heterocycles. The Balaban J connectivity index is 0.00000242. The van der Waals surface area contributed by atoms with Crippen molar-refractivity contribution in [3.63, 3.8) is 0 Å². The van der Waals surface area contributed by atoms with Gasteiger partial charge in [-0.2, -0.15) is 0 Å². The number of pyridine rings is 1. The summed E-state index contributed by atoms with van der Waals surface area (Å²) < 4.78 is 13.1. The largest absolute Gasteiger partial charge is 1.00 e. The summed E-state index contributed by atoms with van der Waals surface area (Å²) in [5.41, 5.74) is 0.369. The number of carboxylic acids is 1. The first kappa shape index (κ1) is 21.0. The molecule has 1 aromatic carbocycles. The number of carboxylic acid groups (broad SMARTS) is 1. The van der Waals surface area contributed by atoms with Crippen LogP contribution < -0.4 is 51.2 Å². The molecule has 1 heterocycles. The van der Waals surface area contributed by atoms with E-state index in [2.05, 4.69) is 4.98 Å². The molecule has 2 rings (SSSR count). The van der Waals surface area contributed by atoms with Crippen molar-refractivity contribution in [1.82, 2.24) is 16.5 Å². The second-order valence-corrected chi connectivity index (χ2v) is 4.14. The maximum Gasteiger partial charge on any atom is 1.00 e. The fourth-order valence-corrected chi connectivity index (χ4v) is 1.68. The average Bonchev–Trinajstić information content (AvgIpc) is 2.44. The third kappa shape index (κ3) is 5.61. The maximum absolute atomic E-state index is 13.1. The SMILES string of the molecule is O=C([O-])CNC(=O)c1ncc(-c2cccc(F)c2)cc1[O-].[NH4+].[Na+]. The summed E-state index contributed by atoms with van der Waals surface area (Å²) in [6, 6.07) is 6.70. The van der Waals surface area contributed by atoms with Crippen molar-refractivity contribution < 1.29 is 53.7 Å². The minimum absolute atomic E-state index is 0. The molecule has 0 radical (unpaired) electrons. The van der Waals surface area contributed by atoms with Crippen LogP contribution >= 0.6 is 0 Å². The van der Waals surface area contributed by atoms with E-state index in [0.29, 0.717) is 11.1 Å². The van der Waals surface area contributed by atoms with Crippen LogP contribution in [0.1, 0.15) is 10.5 Å². The van der Waals surface area contributed by atoms with E-state index in [1.165, 1.54) is 24.4 Å². The van der Waals surface area contributed by atoms with Gasteiger partial charge < -0.3 is 26.5 Å². The van der Waals surface area contributed by atoms with Gasteiger partial charge in [0.2, 0.25) is 0 Å². The van der Waals surface area contributed by atoms with Crippen LogP contribution in [-0.4, -0.2) is 23.4 Å². The first-order valence-corrected chi connectivity index (χ1v) is 5.88. The molecule has 0 spiro atoms. The van der Waals surface area contributed by atoms with Gasteiger partial charge in [-0.05, 0) is 23.3 Å². The Labute approximate surface area is 153 Å². The van der Waals surface area contributed by atoms with E-state index in [1.54, 1.807) is 6.07 Å². The number of hydrogen-bond donors (Lipinski definition) is 2. The zero-order valence-corrected chi connectivity index (χ0v) is 14.6. The van der Waals surface area contributed by atoms with Gasteiger partial charge in [0.15, 0.2) is 0 Å². The molecule has 7 nitrogen and oxygen atoms in total. The first-order valence-electron chi connectivity index (χ1n) is 5.88. The van der Waals surface area contributed by atoms with Gasteiger partial charge in [-0.3, -0.25) is 9.78 Å². The van der Waals surface area contributed by atoms with E-state index in [-0.39, 0.29) is 35.7 Å². The van der Waals surface area contributed by atoms with E-state index in [0.717, 1.165) is 6.07 Å². The standard InChI is InChI=1S/C14H11FN2O4.H3N.Na/c15-10-3-1-2-8(4-10)9-5-11(18)13(16-6-9)14(21)17-7-12(19)20;;/h1-6,18H,7H2,(H,17,21)(H,19,20);1H3;/q;;+1/p-1. The van der Waals surface area contributed by atoms with Gasteiger partial charge in [-0.15, -0.1) is 0 Å². The summed E-state index contributed by atoms with van der Waals surface area (Å²) in [5.74, 6) is -3.54. The zero-order valence-electron chi connectivity index (χ0n) is 12.6. The Morgan fingerprint density at radius 3 is 2.48 bits per heavy atom. The van der Waals surface area contributed by atoms with Crippen LogP contribution in [0.5, 0.6) is 5.75 Å². The summed E-state index contributed by atoms with van der Waals surface area (Å²) in [6.45, 7) is -0.717. The molecule has 0 saturated carbocycles. The fourth-order valence-electron chi connectivity index (χ4n) is 1.68. The number of amides is 1. The molecule has 1 aromatic heterocycles. The van der Waals surface area contributed by atoms with Gasteiger partial charge >= 0.3 is 29.6 Å². The predicted octanol–water partition coefficient (Wildman–Crippen LogP) is -3.18. The van der Waals surface area contributed by atoms with E-state index >= 15 is 0 Å². The Morgan fingerprint density at radius 2 is 1.91 bits per heavy atom. The van der Waals surface area contributed by atoms with Crippen LogP contribution in [0.2, 0.25) is 0 Å². The number of nitrogens with zero attached hydrogens (tertiary/aromatic N) is 1. The zero-order chi connectivity index (χ0) is 15.4.